The molecule has 29 heavy (non-hydrogen) atoms. The third kappa shape index (κ3) is 15.1. The van der Waals surface area contributed by atoms with Crippen LogP contribution in [0.5, 0.6) is 0 Å². The molecule has 1 aliphatic rings. The van der Waals surface area contributed by atoms with Crippen molar-refractivity contribution in [1.82, 2.24) is 0 Å². The van der Waals surface area contributed by atoms with Gasteiger partial charge in [-0.2, -0.15) is 17.3 Å². The number of aliphatic imine (C=N–C) groups is 1. The van der Waals surface area contributed by atoms with E-state index in [-0.39, 0.29) is 17.6 Å². The maximum atomic E-state index is 4.92. The molecule has 6 N–H and O–H groups in total. The first kappa shape index (κ1) is 30.8. The number of amidine groups is 1. The molecule has 1 aliphatic heterocycles. The van der Waals surface area contributed by atoms with Crippen molar-refractivity contribution in [2.24, 2.45) is 22.2 Å². The molecule has 0 saturated heterocycles. The topological polar surface area (TPSA) is 105 Å². The second kappa shape index (κ2) is 22.3. The molecule has 162 valence electrons. The Balaban J connectivity index is 0. The van der Waals surface area contributed by atoms with E-state index in [4.69, 9.17) is 17.2 Å². The molecule has 1 heterocycles. The molecular formula is C20H31GeN5S3-4. The first-order chi connectivity index (χ1) is 13.7. The van der Waals surface area contributed by atoms with E-state index in [1.165, 1.54) is 16.3 Å². The number of rotatable bonds is 5. The summed E-state index contributed by atoms with van der Waals surface area (Å²) in [6.45, 7) is 3.63. The fourth-order valence-corrected chi connectivity index (χ4v) is 2.14. The van der Waals surface area contributed by atoms with Crippen LogP contribution in [0.25, 0.3) is 16.1 Å². The van der Waals surface area contributed by atoms with E-state index < -0.39 is 0 Å². The first-order valence-corrected chi connectivity index (χ1v) is 10.9. The molecule has 0 bridgehead atoms. The van der Waals surface area contributed by atoms with E-state index in [9.17, 15) is 0 Å². The summed E-state index contributed by atoms with van der Waals surface area (Å²) >= 11 is 13.3. The normalized spacial score (nSPS) is 11.3. The van der Waals surface area contributed by atoms with Gasteiger partial charge in [-0.25, -0.2) is 0 Å². The molecule has 2 aromatic rings. The van der Waals surface area contributed by atoms with Gasteiger partial charge in [0.1, 0.15) is 0 Å². The largest absolute Gasteiger partial charge is 0.791 e. The summed E-state index contributed by atoms with van der Waals surface area (Å²) in [6.07, 6.45) is 0.862. The molecule has 0 spiro atoms. The predicted molar refractivity (Wildman–Crippen MR) is 138 cm³/mol. The van der Waals surface area contributed by atoms with E-state index in [1.54, 1.807) is 0 Å². The Bertz CT molecular complexity index is 638. The molecule has 0 aromatic heterocycles. The van der Waals surface area contributed by atoms with Gasteiger partial charge in [-0.05, 0) is 42.4 Å². The first-order valence-electron chi connectivity index (χ1n) is 9.20. The van der Waals surface area contributed by atoms with Crippen LogP contribution in [-0.2, 0) is 44.3 Å². The third-order valence-electron chi connectivity index (χ3n) is 3.27. The molecule has 0 aliphatic carbocycles. The van der Waals surface area contributed by atoms with Crippen molar-refractivity contribution in [3.05, 3.63) is 53.3 Å². The van der Waals surface area contributed by atoms with Gasteiger partial charge in [0.2, 0.25) is 0 Å². The molecule has 2 aromatic carbocycles. The van der Waals surface area contributed by atoms with Crippen LogP contribution in [0.4, 0.5) is 0 Å². The van der Waals surface area contributed by atoms with Gasteiger partial charge < -0.3 is 65.4 Å². The summed E-state index contributed by atoms with van der Waals surface area (Å²) in [5.41, 5.74) is 16.1. The predicted octanol–water partition coefficient (Wildman–Crippen LogP) is 1.26. The van der Waals surface area contributed by atoms with Crippen LogP contribution in [0.15, 0.2) is 47.5 Å². The average Bonchev–Trinajstić information content (AvgIpc) is 3.27. The van der Waals surface area contributed by atoms with Crippen LogP contribution in [-0.4, -0.2) is 73.4 Å². The molecule has 4 radical (unpaired) electrons. The van der Waals surface area contributed by atoms with Gasteiger partial charge in [-0.3, -0.25) is 0 Å². The van der Waals surface area contributed by atoms with Crippen LogP contribution in [0.3, 0.4) is 0 Å². The zero-order valence-electron chi connectivity index (χ0n) is 16.8. The van der Waals surface area contributed by atoms with Crippen molar-refractivity contribution in [2.45, 2.75) is 6.42 Å². The molecule has 9 heteroatoms. The molecule has 0 fully saturated rings. The second-order valence-corrected chi connectivity index (χ2v) is 6.70. The van der Waals surface area contributed by atoms with Gasteiger partial charge in [0, 0.05) is 17.6 Å². The quantitative estimate of drug-likeness (QED) is 0.414. The summed E-state index contributed by atoms with van der Waals surface area (Å²) < 4.78 is 0. The number of hydrogen-bond acceptors (Lipinski definition) is 7. The summed E-state index contributed by atoms with van der Waals surface area (Å²) in [6, 6.07) is 14.9. The summed E-state index contributed by atoms with van der Waals surface area (Å²) in [5.74, 6) is 3.04. The third-order valence-corrected chi connectivity index (χ3v) is 3.98. The standard InChI is InChI=1S/C14H13N2.3C2H7NS.Ge/c1-2-7-13-11(4-1)5-3-6-12(13)10-14-15-8-9-16-14;3*3-1-2-4;/h1-7H,8-10H2;3*4H,1-3H2;/q-1;;;;/p-3. The van der Waals surface area contributed by atoms with E-state index in [0.29, 0.717) is 36.9 Å². The van der Waals surface area contributed by atoms with Crippen molar-refractivity contribution in [2.75, 3.05) is 50.0 Å². The van der Waals surface area contributed by atoms with Crippen molar-refractivity contribution < 1.29 is 0 Å². The Morgan fingerprint density at radius 1 is 0.828 bits per heavy atom. The van der Waals surface area contributed by atoms with E-state index in [1.807, 2.05) is 0 Å². The van der Waals surface area contributed by atoms with Gasteiger partial charge in [0.15, 0.2) is 0 Å². The second-order valence-electron chi connectivity index (χ2n) is 5.47. The maximum Gasteiger partial charge on any atom is 0 e. The average molecular weight is 510 g/mol. The number of benzene rings is 2. The summed E-state index contributed by atoms with van der Waals surface area (Å²) in [5, 5.41) is 6.99. The number of hydrogen-bond donors (Lipinski definition) is 3. The molecule has 0 unspecified atom stereocenters. The molecule has 3 rings (SSSR count). The van der Waals surface area contributed by atoms with Crippen LogP contribution in [0.1, 0.15) is 5.56 Å². The van der Waals surface area contributed by atoms with E-state index in [2.05, 4.69) is 90.7 Å². The van der Waals surface area contributed by atoms with Gasteiger partial charge in [-0.1, -0.05) is 61.4 Å². The van der Waals surface area contributed by atoms with Crippen LogP contribution >= 0.6 is 0 Å². The SMILES string of the molecule is NCC[S-].NCC[S-].NCC[S-].[Ge].c1ccc2c(CC3=NCC[N-]3)cccc2c1. The zero-order chi connectivity index (χ0) is 21.0. The Morgan fingerprint density at radius 3 is 1.83 bits per heavy atom. The summed E-state index contributed by atoms with van der Waals surface area (Å²) in [4.78, 5) is 4.39. The van der Waals surface area contributed by atoms with Gasteiger partial charge >= 0.3 is 0 Å². The van der Waals surface area contributed by atoms with Crippen molar-refractivity contribution >= 4 is 72.1 Å². The molecule has 5 nitrogen and oxygen atoms in total. The van der Waals surface area contributed by atoms with Gasteiger partial charge in [0.05, 0.1) is 0 Å². The molecule has 0 amide bonds. The van der Waals surface area contributed by atoms with Crippen LogP contribution in [0.2, 0.25) is 0 Å². The number of nitrogens with zero attached hydrogens (tertiary/aromatic N) is 2. The minimum atomic E-state index is 0. The van der Waals surface area contributed by atoms with E-state index >= 15 is 0 Å². The fourth-order valence-electron chi connectivity index (χ4n) is 2.14. The Kier molecular flexibility index (Phi) is 23.7. The van der Waals surface area contributed by atoms with Crippen LogP contribution in [0, 0.1) is 0 Å². The number of nitrogens with two attached hydrogens (primary N) is 3. The Labute approximate surface area is 203 Å². The maximum absolute atomic E-state index is 4.92. The van der Waals surface area contributed by atoms with Gasteiger partial charge in [-0.15, -0.1) is 0 Å². The van der Waals surface area contributed by atoms with Crippen molar-refractivity contribution in [1.29, 1.82) is 0 Å². The van der Waals surface area contributed by atoms with Crippen LogP contribution < -0.4 is 17.2 Å². The smallest absolute Gasteiger partial charge is 0 e. The zero-order valence-corrected chi connectivity index (χ0v) is 21.3. The molecule has 0 atom stereocenters. The Morgan fingerprint density at radius 2 is 1.34 bits per heavy atom. The van der Waals surface area contributed by atoms with Crippen molar-refractivity contribution in [3.8, 4) is 0 Å². The monoisotopic (exact) mass is 511 g/mol. The minimum Gasteiger partial charge on any atom is -0.791 e. The number of fused-ring (bicyclic) bond motifs is 1. The fraction of sp³-hybridized carbons (Fsp3) is 0.450. The Hall–Kier alpha value is -0.357. The summed E-state index contributed by atoms with van der Waals surface area (Å²) in [7, 11) is 0. The minimum absolute atomic E-state index is 0. The van der Waals surface area contributed by atoms with Crippen molar-refractivity contribution in [3.63, 3.8) is 0 Å². The molecular weight excluding hydrogens is 479 g/mol. The van der Waals surface area contributed by atoms with E-state index in [0.717, 1.165) is 25.3 Å². The van der Waals surface area contributed by atoms with Gasteiger partial charge in [0.25, 0.3) is 0 Å². The molecule has 0 saturated carbocycles.